The molecule has 0 saturated carbocycles. The molecule has 4 aromatic rings. The molecule has 0 spiro atoms. The molecule has 0 heterocycles. The van der Waals surface area contributed by atoms with Crippen LogP contribution in [0.25, 0.3) is 11.1 Å². The minimum Gasteiger partial charge on any atom is -0.0843 e. The van der Waals surface area contributed by atoms with Crippen LogP contribution in [-0.2, 0) is 5.41 Å². The van der Waals surface area contributed by atoms with Crippen LogP contribution < -0.4 is 0 Å². The molecule has 2 heteroatoms. The molecule has 130 valence electrons. The van der Waals surface area contributed by atoms with Gasteiger partial charge in [0.1, 0.15) is 0 Å². The van der Waals surface area contributed by atoms with Gasteiger partial charge in [-0.3, -0.25) is 0 Å². The Morgan fingerprint density at radius 2 is 1.22 bits per heavy atom. The molecule has 1 aliphatic rings. The molecule has 1 aliphatic carbocycles. The van der Waals surface area contributed by atoms with Gasteiger partial charge >= 0.3 is 0 Å². The third-order valence-corrected chi connectivity index (χ3v) is 6.24. The van der Waals surface area contributed by atoms with Crippen LogP contribution in [0.3, 0.4) is 0 Å². The van der Waals surface area contributed by atoms with Gasteiger partial charge in [0.25, 0.3) is 0 Å². The molecule has 4 aromatic carbocycles. The van der Waals surface area contributed by atoms with Gasteiger partial charge in [-0.2, -0.15) is 0 Å². The van der Waals surface area contributed by atoms with Gasteiger partial charge < -0.3 is 0 Å². The first-order valence-corrected chi connectivity index (χ1v) is 10.1. The number of rotatable bonds is 2. The second kappa shape index (κ2) is 6.37. The quantitative estimate of drug-likeness (QED) is 0.272. The van der Waals surface area contributed by atoms with Crippen LogP contribution in [0.15, 0.2) is 102 Å². The number of hydrogen-bond acceptors (Lipinski definition) is 0. The van der Waals surface area contributed by atoms with E-state index in [1.54, 1.807) is 0 Å². The summed E-state index contributed by atoms with van der Waals surface area (Å²) in [5, 5.41) is 0.753. The highest BCUT2D eigenvalue weighted by atomic mass is 79.9. The number of benzene rings is 4. The Morgan fingerprint density at radius 1 is 0.593 bits per heavy atom. The van der Waals surface area contributed by atoms with Crippen molar-refractivity contribution in [1.29, 1.82) is 0 Å². The second-order valence-electron chi connectivity index (χ2n) is 6.86. The maximum Gasteiger partial charge on any atom is 0.0713 e. The Balaban J connectivity index is 1.97. The SMILES string of the molecule is Clc1ccc(C2(c3ccccc3)c3ccccc3-c3ccc(Br)cc32)cc1. The summed E-state index contributed by atoms with van der Waals surface area (Å²) in [4.78, 5) is 0. The van der Waals surface area contributed by atoms with Gasteiger partial charge in [-0.05, 0) is 57.6 Å². The molecular weight excluding hydrogens is 416 g/mol. The summed E-state index contributed by atoms with van der Waals surface area (Å²) < 4.78 is 1.09. The first-order chi connectivity index (χ1) is 13.2. The second-order valence-corrected chi connectivity index (χ2v) is 8.21. The van der Waals surface area contributed by atoms with Gasteiger partial charge in [0.05, 0.1) is 5.41 Å². The van der Waals surface area contributed by atoms with Crippen molar-refractivity contribution in [3.8, 4) is 11.1 Å². The van der Waals surface area contributed by atoms with Crippen LogP contribution >= 0.6 is 27.5 Å². The molecule has 0 N–H and O–H groups in total. The van der Waals surface area contributed by atoms with E-state index in [1.165, 1.54) is 33.4 Å². The molecule has 0 amide bonds. The van der Waals surface area contributed by atoms with E-state index in [-0.39, 0.29) is 5.41 Å². The largest absolute Gasteiger partial charge is 0.0843 e. The Morgan fingerprint density at radius 3 is 2.00 bits per heavy atom. The number of halogens is 2. The summed E-state index contributed by atoms with van der Waals surface area (Å²) in [6.45, 7) is 0. The number of fused-ring (bicyclic) bond motifs is 3. The van der Waals surface area contributed by atoms with Crippen molar-refractivity contribution in [1.82, 2.24) is 0 Å². The van der Waals surface area contributed by atoms with Crippen molar-refractivity contribution in [2.45, 2.75) is 5.41 Å². The summed E-state index contributed by atoms with van der Waals surface area (Å²) >= 11 is 9.92. The van der Waals surface area contributed by atoms with Gasteiger partial charge in [0.15, 0.2) is 0 Å². The van der Waals surface area contributed by atoms with E-state index in [0.717, 1.165) is 9.50 Å². The minimum absolute atomic E-state index is 0.360. The van der Waals surface area contributed by atoms with Crippen LogP contribution in [-0.4, -0.2) is 0 Å². The van der Waals surface area contributed by atoms with Gasteiger partial charge in [0.2, 0.25) is 0 Å². The van der Waals surface area contributed by atoms with Crippen molar-refractivity contribution in [3.63, 3.8) is 0 Å². The zero-order valence-corrected chi connectivity index (χ0v) is 16.8. The van der Waals surface area contributed by atoms with E-state index in [4.69, 9.17) is 11.6 Å². The lowest BCUT2D eigenvalue weighted by molar-refractivity contribution is 0.768. The fourth-order valence-corrected chi connectivity index (χ4v) is 4.92. The van der Waals surface area contributed by atoms with Crippen LogP contribution in [0.1, 0.15) is 22.3 Å². The normalized spacial score (nSPS) is 17.4. The monoisotopic (exact) mass is 430 g/mol. The average Bonchev–Trinajstić information content (AvgIpc) is 3.00. The van der Waals surface area contributed by atoms with Crippen LogP contribution in [0.2, 0.25) is 5.02 Å². The molecule has 0 fully saturated rings. The standard InChI is InChI=1S/C25H16BrCl/c26-19-12-15-22-21-8-4-5-9-23(21)25(24(22)16-19,17-6-2-1-3-7-17)18-10-13-20(27)14-11-18/h1-16H. The summed E-state index contributed by atoms with van der Waals surface area (Å²) in [6, 6.07) is 34.4. The zero-order valence-electron chi connectivity index (χ0n) is 14.5. The van der Waals surface area contributed by atoms with Gasteiger partial charge in [-0.1, -0.05) is 100 Å². The van der Waals surface area contributed by atoms with E-state index in [0.29, 0.717) is 0 Å². The Kier molecular flexibility index (Phi) is 3.96. The fourth-order valence-electron chi connectivity index (χ4n) is 4.43. The average molecular weight is 432 g/mol. The third kappa shape index (κ3) is 2.42. The summed E-state index contributed by atoms with van der Waals surface area (Å²) in [5.41, 5.74) is 7.31. The van der Waals surface area contributed by atoms with E-state index in [9.17, 15) is 0 Å². The molecule has 0 radical (unpaired) electrons. The molecular formula is C25H16BrCl. The van der Waals surface area contributed by atoms with Gasteiger partial charge in [-0.25, -0.2) is 0 Å². The minimum atomic E-state index is -0.360. The molecule has 5 rings (SSSR count). The first-order valence-electron chi connectivity index (χ1n) is 8.93. The van der Waals surface area contributed by atoms with Crippen LogP contribution in [0, 0.1) is 0 Å². The topological polar surface area (TPSA) is 0 Å². The molecule has 1 atom stereocenters. The maximum absolute atomic E-state index is 6.23. The Labute approximate surface area is 172 Å². The van der Waals surface area contributed by atoms with Crippen molar-refractivity contribution < 1.29 is 0 Å². The summed E-state index contributed by atoms with van der Waals surface area (Å²) in [7, 11) is 0. The lowest BCUT2D eigenvalue weighted by atomic mass is 9.68. The predicted octanol–water partition coefficient (Wildman–Crippen LogP) is 7.47. The predicted molar refractivity (Wildman–Crippen MR) is 116 cm³/mol. The number of hydrogen-bond donors (Lipinski definition) is 0. The van der Waals surface area contributed by atoms with Gasteiger partial charge in [0, 0.05) is 9.50 Å². The maximum atomic E-state index is 6.23. The highest BCUT2D eigenvalue weighted by Gasteiger charge is 2.45. The highest BCUT2D eigenvalue weighted by Crippen LogP contribution is 2.56. The smallest absolute Gasteiger partial charge is 0.0713 e. The highest BCUT2D eigenvalue weighted by molar-refractivity contribution is 9.10. The van der Waals surface area contributed by atoms with E-state index >= 15 is 0 Å². The Hall–Kier alpha value is -2.35. The van der Waals surface area contributed by atoms with E-state index in [1.807, 2.05) is 12.1 Å². The van der Waals surface area contributed by atoms with Crippen molar-refractivity contribution in [3.05, 3.63) is 129 Å². The van der Waals surface area contributed by atoms with E-state index in [2.05, 4.69) is 101 Å². The van der Waals surface area contributed by atoms with Crippen LogP contribution in [0.4, 0.5) is 0 Å². The van der Waals surface area contributed by atoms with Crippen molar-refractivity contribution in [2.75, 3.05) is 0 Å². The molecule has 27 heavy (non-hydrogen) atoms. The first kappa shape index (κ1) is 16.8. The fraction of sp³-hybridized carbons (Fsp3) is 0.0400. The third-order valence-electron chi connectivity index (χ3n) is 5.49. The summed E-state index contributed by atoms with van der Waals surface area (Å²) in [5.74, 6) is 0. The molecule has 0 nitrogen and oxygen atoms in total. The Bertz CT molecular complexity index is 1130. The molecule has 0 saturated heterocycles. The molecule has 0 bridgehead atoms. The molecule has 1 unspecified atom stereocenters. The molecule has 0 aliphatic heterocycles. The summed E-state index contributed by atoms with van der Waals surface area (Å²) in [6.07, 6.45) is 0. The molecule has 0 aromatic heterocycles. The van der Waals surface area contributed by atoms with Gasteiger partial charge in [-0.15, -0.1) is 0 Å². The zero-order chi connectivity index (χ0) is 18.4. The van der Waals surface area contributed by atoms with Crippen molar-refractivity contribution in [2.24, 2.45) is 0 Å². The van der Waals surface area contributed by atoms with E-state index < -0.39 is 0 Å². The van der Waals surface area contributed by atoms with Crippen LogP contribution in [0.5, 0.6) is 0 Å². The lowest BCUT2D eigenvalue weighted by Crippen LogP contribution is -2.28. The lowest BCUT2D eigenvalue weighted by Gasteiger charge is -2.34. The van der Waals surface area contributed by atoms with Crippen molar-refractivity contribution >= 4 is 27.5 Å².